The maximum atomic E-state index is 12.4. The zero-order valence-electron chi connectivity index (χ0n) is 12.3. The van der Waals surface area contributed by atoms with Crippen LogP contribution in [0.4, 0.5) is 0 Å². The highest BCUT2D eigenvalue weighted by Gasteiger charge is 2.23. The first-order valence-electron chi connectivity index (χ1n) is 7.51. The molecule has 1 heterocycles. The average molecular weight is 395 g/mol. The minimum atomic E-state index is -3.40. The first-order valence-corrected chi connectivity index (χ1v) is 10.6. The second kappa shape index (κ2) is 8.06. The quantitative estimate of drug-likeness (QED) is 0.663. The maximum absolute atomic E-state index is 12.4. The minimum absolute atomic E-state index is 0.374. The van der Waals surface area contributed by atoms with Gasteiger partial charge in [-0.2, -0.15) is 0 Å². The second-order valence-electron chi connectivity index (χ2n) is 5.53. The summed E-state index contributed by atoms with van der Waals surface area (Å²) in [5.74, 6) is 0.503. The molecule has 1 aromatic rings. The van der Waals surface area contributed by atoms with Gasteiger partial charge in [-0.15, -0.1) is 11.3 Å². The van der Waals surface area contributed by atoms with E-state index in [4.69, 9.17) is 0 Å². The lowest BCUT2D eigenvalue weighted by Crippen LogP contribution is -2.28. The summed E-state index contributed by atoms with van der Waals surface area (Å²) in [6.45, 7) is 4.33. The number of hydrogen-bond donors (Lipinski definition) is 2. The van der Waals surface area contributed by atoms with Crippen molar-refractivity contribution in [2.75, 3.05) is 13.1 Å². The normalized spacial score (nSPS) is 16.7. The molecule has 0 aliphatic heterocycles. The van der Waals surface area contributed by atoms with E-state index in [9.17, 15) is 8.42 Å². The molecule has 1 saturated carbocycles. The van der Waals surface area contributed by atoms with E-state index in [2.05, 4.69) is 32.9 Å². The lowest BCUT2D eigenvalue weighted by atomic mass is 10.1. The molecule has 2 rings (SSSR count). The van der Waals surface area contributed by atoms with Gasteiger partial charge in [-0.3, -0.25) is 0 Å². The predicted octanol–water partition coefficient (Wildman–Crippen LogP) is 3.48. The van der Waals surface area contributed by atoms with Crippen molar-refractivity contribution in [3.05, 3.63) is 14.7 Å². The molecule has 1 aliphatic rings. The van der Waals surface area contributed by atoms with Crippen LogP contribution in [-0.4, -0.2) is 21.5 Å². The molecule has 0 atom stereocenters. The van der Waals surface area contributed by atoms with Crippen LogP contribution in [0.25, 0.3) is 0 Å². The van der Waals surface area contributed by atoms with Crippen molar-refractivity contribution < 1.29 is 8.42 Å². The number of hydrogen-bond acceptors (Lipinski definition) is 4. The molecule has 4 nitrogen and oxygen atoms in total. The molecule has 1 aromatic heterocycles. The molecule has 2 N–H and O–H groups in total. The molecular weight excluding hydrogens is 372 g/mol. The van der Waals surface area contributed by atoms with Crippen molar-refractivity contribution in [3.63, 3.8) is 0 Å². The highest BCUT2D eigenvalue weighted by molar-refractivity contribution is 9.11. The topological polar surface area (TPSA) is 58.2 Å². The first-order chi connectivity index (χ1) is 10.0. The Kier molecular flexibility index (Phi) is 6.68. The van der Waals surface area contributed by atoms with Crippen LogP contribution in [0, 0.1) is 5.92 Å². The summed E-state index contributed by atoms with van der Waals surface area (Å²) in [5, 5.41) is 3.29. The summed E-state index contributed by atoms with van der Waals surface area (Å²) < 4.78 is 28.3. The van der Waals surface area contributed by atoms with Gasteiger partial charge in [-0.05, 0) is 53.7 Å². The Morgan fingerprint density at radius 3 is 2.76 bits per heavy atom. The molecule has 1 aliphatic carbocycles. The second-order valence-corrected chi connectivity index (χ2v) is 9.72. The van der Waals surface area contributed by atoms with Crippen LogP contribution in [0.3, 0.4) is 0 Å². The average Bonchev–Trinajstić information content (AvgIpc) is 3.07. The van der Waals surface area contributed by atoms with E-state index < -0.39 is 10.0 Å². The Morgan fingerprint density at radius 1 is 1.38 bits per heavy atom. The smallest absolute Gasteiger partial charge is 0.242 e. The summed E-state index contributed by atoms with van der Waals surface area (Å²) in [6.07, 6.45) is 5.79. The number of rotatable bonds is 8. The van der Waals surface area contributed by atoms with Crippen molar-refractivity contribution in [2.45, 2.75) is 50.5 Å². The van der Waals surface area contributed by atoms with Crippen LogP contribution in [0.1, 0.15) is 43.9 Å². The fraction of sp³-hybridized carbons (Fsp3) is 0.714. The van der Waals surface area contributed by atoms with Gasteiger partial charge in [0.25, 0.3) is 0 Å². The molecule has 0 radical (unpaired) electrons. The Hall–Kier alpha value is 0.0500. The minimum Gasteiger partial charge on any atom is -0.312 e. The van der Waals surface area contributed by atoms with Gasteiger partial charge in [0.05, 0.1) is 3.79 Å². The zero-order chi connectivity index (χ0) is 15.3. The molecule has 21 heavy (non-hydrogen) atoms. The van der Waals surface area contributed by atoms with Crippen molar-refractivity contribution in [3.8, 4) is 0 Å². The lowest BCUT2D eigenvalue weighted by molar-refractivity contribution is 0.519. The molecular formula is C14H23BrN2O2S2. The molecule has 0 bridgehead atoms. The van der Waals surface area contributed by atoms with E-state index in [1.807, 2.05) is 0 Å². The van der Waals surface area contributed by atoms with E-state index in [1.165, 1.54) is 24.2 Å². The zero-order valence-corrected chi connectivity index (χ0v) is 15.5. The monoisotopic (exact) mass is 394 g/mol. The third-order valence-electron chi connectivity index (χ3n) is 3.76. The lowest BCUT2D eigenvalue weighted by Gasteiger charge is -2.10. The van der Waals surface area contributed by atoms with Crippen molar-refractivity contribution in [2.24, 2.45) is 5.92 Å². The highest BCUT2D eigenvalue weighted by Crippen LogP contribution is 2.32. The molecule has 0 saturated heterocycles. The molecule has 0 unspecified atom stereocenters. The van der Waals surface area contributed by atoms with Gasteiger partial charge in [-0.1, -0.05) is 19.8 Å². The Morgan fingerprint density at radius 2 is 2.10 bits per heavy atom. The van der Waals surface area contributed by atoms with Crippen LogP contribution in [0.2, 0.25) is 0 Å². The molecule has 7 heteroatoms. The molecule has 1 fully saturated rings. The van der Waals surface area contributed by atoms with E-state index in [1.54, 1.807) is 6.07 Å². The maximum Gasteiger partial charge on any atom is 0.242 e. The Labute approximate surface area is 139 Å². The van der Waals surface area contributed by atoms with Crippen LogP contribution in [0.5, 0.6) is 0 Å². The fourth-order valence-electron chi connectivity index (χ4n) is 2.58. The van der Waals surface area contributed by atoms with Crippen molar-refractivity contribution in [1.29, 1.82) is 0 Å². The van der Waals surface area contributed by atoms with E-state index in [0.717, 1.165) is 37.2 Å². The van der Waals surface area contributed by atoms with Crippen LogP contribution in [-0.2, 0) is 16.6 Å². The molecule has 120 valence electrons. The third kappa shape index (κ3) is 5.03. The van der Waals surface area contributed by atoms with E-state index >= 15 is 0 Å². The van der Waals surface area contributed by atoms with E-state index in [-0.39, 0.29) is 0 Å². The summed E-state index contributed by atoms with van der Waals surface area (Å²) in [4.78, 5) is 1.41. The van der Waals surface area contributed by atoms with Crippen LogP contribution in [0.15, 0.2) is 14.7 Å². The van der Waals surface area contributed by atoms with Gasteiger partial charge in [-0.25, -0.2) is 13.1 Å². The largest absolute Gasteiger partial charge is 0.312 e. The summed E-state index contributed by atoms with van der Waals surface area (Å²) in [7, 11) is -3.40. The van der Waals surface area contributed by atoms with Crippen molar-refractivity contribution >= 4 is 37.3 Å². The number of sulfonamides is 1. The van der Waals surface area contributed by atoms with Crippen LogP contribution >= 0.6 is 27.3 Å². The molecule has 0 aromatic carbocycles. The SMILES string of the molecule is CCCNCc1cc(S(=O)(=O)NCC2CCCC2)c(Br)s1. The van der Waals surface area contributed by atoms with Gasteiger partial charge in [0.15, 0.2) is 0 Å². The summed E-state index contributed by atoms with van der Waals surface area (Å²) in [6, 6.07) is 1.77. The van der Waals surface area contributed by atoms with Crippen molar-refractivity contribution in [1.82, 2.24) is 10.0 Å². The number of halogens is 1. The van der Waals surface area contributed by atoms with Gasteiger partial charge in [0.2, 0.25) is 10.0 Å². The Balaban J connectivity index is 1.97. The first kappa shape index (κ1) is 17.4. The van der Waals surface area contributed by atoms with Gasteiger partial charge >= 0.3 is 0 Å². The van der Waals surface area contributed by atoms with Gasteiger partial charge in [0.1, 0.15) is 4.90 Å². The number of thiophene rings is 1. The van der Waals surface area contributed by atoms with Gasteiger partial charge < -0.3 is 5.32 Å². The fourth-order valence-corrected chi connectivity index (χ4v) is 6.34. The van der Waals surface area contributed by atoms with Gasteiger partial charge in [0, 0.05) is 18.0 Å². The molecule has 0 amide bonds. The van der Waals surface area contributed by atoms with E-state index in [0.29, 0.717) is 21.1 Å². The highest BCUT2D eigenvalue weighted by atomic mass is 79.9. The van der Waals surface area contributed by atoms with Crippen LogP contribution < -0.4 is 10.0 Å². The summed E-state index contributed by atoms with van der Waals surface area (Å²) in [5.41, 5.74) is 0. The predicted molar refractivity (Wildman–Crippen MR) is 91.2 cm³/mol. The number of nitrogens with one attached hydrogen (secondary N) is 2. The summed E-state index contributed by atoms with van der Waals surface area (Å²) >= 11 is 4.87. The standard InChI is InChI=1S/C14H23BrN2O2S2/c1-2-7-16-10-12-8-13(14(15)20-12)21(18,19)17-9-11-5-3-4-6-11/h8,11,16-17H,2-7,9-10H2,1H3. The third-order valence-corrected chi connectivity index (χ3v) is 7.43. The molecule has 0 spiro atoms. The Bertz CT molecular complexity index is 551.